The number of likely N-dealkylation sites (tertiary alicyclic amines) is 1. The lowest BCUT2D eigenvalue weighted by Gasteiger charge is -2.46. The average molecular weight is 618 g/mol. The summed E-state index contributed by atoms with van der Waals surface area (Å²) in [4.78, 5) is 32.3. The first-order chi connectivity index (χ1) is 20.1. The Balaban J connectivity index is 1.55. The van der Waals surface area contributed by atoms with Crippen LogP contribution in [0.3, 0.4) is 0 Å². The number of aryl methyl sites for hydroxylation is 1. The maximum Gasteiger partial charge on any atom is 0.435 e. The van der Waals surface area contributed by atoms with Crippen molar-refractivity contribution in [1.29, 1.82) is 0 Å². The number of hydrogen-bond donors (Lipinski definition) is 1. The summed E-state index contributed by atoms with van der Waals surface area (Å²) < 4.78 is 41.7. The number of piperidine rings is 1. The van der Waals surface area contributed by atoms with Gasteiger partial charge in [-0.25, -0.2) is 18.6 Å². The zero-order valence-corrected chi connectivity index (χ0v) is 26.3. The van der Waals surface area contributed by atoms with Gasteiger partial charge in [-0.2, -0.15) is 4.68 Å². The van der Waals surface area contributed by atoms with Crippen molar-refractivity contribution in [3.63, 3.8) is 0 Å². The Morgan fingerprint density at radius 3 is 2.58 bits per heavy atom. The zero-order chi connectivity index (χ0) is 31.7. The normalized spacial score (nSPS) is 20.0. The summed E-state index contributed by atoms with van der Waals surface area (Å²) in [5.41, 5.74) is -0.632. The number of anilines is 2. The molecule has 1 saturated heterocycles. The monoisotopic (exact) mass is 617 g/mol. The van der Waals surface area contributed by atoms with Crippen LogP contribution in [-0.4, -0.2) is 57.0 Å². The summed E-state index contributed by atoms with van der Waals surface area (Å²) in [6, 6.07) is 8.84. The highest BCUT2D eigenvalue weighted by molar-refractivity contribution is 6.30. The van der Waals surface area contributed by atoms with E-state index >= 15 is 4.39 Å². The van der Waals surface area contributed by atoms with E-state index < -0.39 is 34.7 Å². The molecule has 0 saturated carbocycles. The number of benzene rings is 1. The molecular formula is C31H38ClF2N5O4. The number of hydrogen-bond acceptors (Lipinski definition) is 8. The summed E-state index contributed by atoms with van der Waals surface area (Å²) in [6.07, 6.45) is 0.0859. The summed E-state index contributed by atoms with van der Waals surface area (Å²) in [6.45, 7) is 11.3. The molecule has 1 N–H and O–H groups in total. The highest BCUT2D eigenvalue weighted by Gasteiger charge is 2.47. The van der Waals surface area contributed by atoms with E-state index in [-0.39, 0.29) is 29.2 Å². The Bertz CT molecular complexity index is 1510. The second-order valence-corrected chi connectivity index (χ2v) is 12.5. The zero-order valence-electron chi connectivity index (χ0n) is 25.5. The predicted molar refractivity (Wildman–Crippen MR) is 159 cm³/mol. The number of esters is 1. The van der Waals surface area contributed by atoms with E-state index in [1.54, 1.807) is 45.9 Å². The molecule has 0 aliphatic carbocycles. The Hall–Kier alpha value is -3.57. The first-order valence-electron chi connectivity index (χ1n) is 14.1. The van der Waals surface area contributed by atoms with Crippen molar-refractivity contribution in [1.82, 2.24) is 19.7 Å². The third-order valence-corrected chi connectivity index (χ3v) is 8.07. The number of carbonyl (C=O) groups excluding carboxylic acids is 2. The van der Waals surface area contributed by atoms with Gasteiger partial charge in [-0.1, -0.05) is 23.7 Å². The van der Waals surface area contributed by atoms with E-state index in [4.69, 9.17) is 21.1 Å². The third kappa shape index (κ3) is 7.15. The number of nitrogens with one attached hydrogen (secondary N) is 1. The van der Waals surface area contributed by atoms with Crippen molar-refractivity contribution in [2.45, 2.75) is 78.5 Å². The van der Waals surface area contributed by atoms with E-state index in [1.165, 1.54) is 25.3 Å². The number of methoxy groups -OCH3 is 1. The van der Waals surface area contributed by atoms with Crippen molar-refractivity contribution in [3.05, 3.63) is 70.0 Å². The van der Waals surface area contributed by atoms with Crippen molar-refractivity contribution in [2.75, 3.05) is 19.0 Å². The number of halogens is 3. The molecule has 2 aromatic heterocycles. The highest BCUT2D eigenvalue weighted by atomic mass is 35.5. The Labute approximate surface area is 255 Å². The molecule has 1 aliphatic heterocycles. The van der Waals surface area contributed by atoms with E-state index in [0.717, 1.165) is 4.68 Å². The molecule has 232 valence electrons. The van der Waals surface area contributed by atoms with Gasteiger partial charge in [0, 0.05) is 42.4 Å². The largest absolute Gasteiger partial charge is 0.469 e. The molecule has 12 heteroatoms. The van der Waals surface area contributed by atoms with Gasteiger partial charge in [-0.15, -0.1) is 5.10 Å². The summed E-state index contributed by atoms with van der Waals surface area (Å²) in [5, 5.41) is 7.34. The number of rotatable bonds is 7. The van der Waals surface area contributed by atoms with E-state index in [1.807, 2.05) is 13.8 Å². The van der Waals surface area contributed by atoms with Crippen LogP contribution in [0.1, 0.15) is 70.5 Å². The lowest BCUT2D eigenvalue weighted by Crippen LogP contribution is -2.51. The van der Waals surface area contributed by atoms with Crippen LogP contribution in [0.15, 0.2) is 36.4 Å². The van der Waals surface area contributed by atoms with Gasteiger partial charge in [-0.3, -0.25) is 9.69 Å². The molecule has 0 bridgehead atoms. The van der Waals surface area contributed by atoms with Crippen molar-refractivity contribution in [2.24, 2.45) is 5.41 Å². The average Bonchev–Trinajstić information content (AvgIpc) is 3.30. The first-order valence-corrected chi connectivity index (χ1v) is 14.5. The smallest absolute Gasteiger partial charge is 0.435 e. The molecule has 4 rings (SSSR count). The molecule has 0 radical (unpaired) electrons. The van der Waals surface area contributed by atoms with Crippen LogP contribution in [0, 0.1) is 24.0 Å². The highest BCUT2D eigenvalue weighted by Crippen LogP contribution is 2.42. The fourth-order valence-corrected chi connectivity index (χ4v) is 5.92. The summed E-state index contributed by atoms with van der Waals surface area (Å²) in [7, 11) is 1.32. The number of nitrogens with zero attached hydrogens (tertiary/aromatic N) is 4. The van der Waals surface area contributed by atoms with Gasteiger partial charge in [0.25, 0.3) is 0 Å². The van der Waals surface area contributed by atoms with Gasteiger partial charge in [0.05, 0.1) is 23.2 Å². The molecule has 0 spiro atoms. The van der Waals surface area contributed by atoms with Crippen LogP contribution < -0.4 is 5.32 Å². The Morgan fingerprint density at radius 1 is 1.21 bits per heavy atom. The molecule has 0 amide bonds. The molecule has 1 aliphatic rings. The van der Waals surface area contributed by atoms with Crippen molar-refractivity contribution < 1.29 is 27.8 Å². The van der Waals surface area contributed by atoms with Crippen LogP contribution in [0.4, 0.5) is 25.2 Å². The number of pyridine rings is 1. The minimum Gasteiger partial charge on any atom is -0.469 e. The Kier molecular flexibility index (Phi) is 9.46. The van der Waals surface area contributed by atoms with Crippen molar-refractivity contribution in [3.8, 4) is 0 Å². The van der Waals surface area contributed by atoms with Crippen LogP contribution in [-0.2, 0) is 20.7 Å². The first kappa shape index (κ1) is 32.3. The summed E-state index contributed by atoms with van der Waals surface area (Å²) in [5.74, 6) is -0.864. The Morgan fingerprint density at radius 2 is 1.93 bits per heavy atom. The second-order valence-electron chi connectivity index (χ2n) is 12.1. The maximum absolute atomic E-state index is 15.2. The number of aromatic nitrogens is 3. The topological polar surface area (TPSA) is 98.6 Å². The van der Waals surface area contributed by atoms with Gasteiger partial charge in [0.15, 0.2) is 5.82 Å². The van der Waals surface area contributed by atoms with Gasteiger partial charge in [-0.05, 0) is 72.6 Å². The van der Waals surface area contributed by atoms with E-state index in [9.17, 15) is 14.0 Å². The quantitative estimate of drug-likeness (QED) is 0.283. The van der Waals surface area contributed by atoms with Crippen LogP contribution >= 0.6 is 11.6 Å². The van der Waals surface area contributed by atoms with Gasteiger partial charge < -0.3 is 14.8 Å². The molecule has 3 aromatic rings. The third-order valence-electron chi connectivity index (χ3n) is 7.78. The van der Waals surface area contributed by atoms with Gasteiger partial charge in [0.2, 0.25) is 0 Å². The fourth-order valence-electron chi connectivity index (χ4n) is 5.74. The molecule has 3 atom stereocenters. The summed E-state index contributed by atoms with van der Waals surface area (Å²) >= 11 is 6.03. The van der Waals surface area contributed by atoms with E-state index in [2.05, 4.69) is 20.3 Å². The molecule has 9 nitrogen and oxygen atoms in total. The lowest BCUT2D eigenvalue weighted by atomic mass is 9.71. The van der Waals surface area contributed by atoms with Gasteiger partial charge >= 0.3 is 12.1 Å². The second kappa shape index (κ2) is 12.6. The van der Waals surface area contributed by atoms with Crippen LogP contribution in [0.2, 0.25) is 5.02 Å². The molecule has 3 heterocycles. The SMILES string of the molecule is COC(=O)[C@]1(Cc2nc(Nc3cc(C)n(C(=O)OC(C)(C)C)n3)ccc2F)CCN(C(C)c2cccc(Cl)c2F)[C@H](C)C1. The molecule has 1 aromatic carbocycles. The van der Waals surface area contributed by atoms with Crippen molar-refractivity contribution >= 4 is 35.3 Å². The molecule has 1 unspecified atom stereocenters. The standard InChI is InChI=1S/C31H38ClF2N5O4/c1-18-15-26(37-39(18)29(41)43-30(4,5)6)36-25-12-11-23(33)24(35-25)17-31(28(40)42-7)13-14-38(19(2)16-31)20(3)21-9-8-10-22(32)27(21)34/h8-12,15,19-20H,13-14,16-17H2,1-7H3,(H,35,36,37)/t19-,20?,31-/m1/s1. The minimum absolute atomic E-state index is 0.00446. The lowest BCUT2D eigenvalue weighted by molar-refractivity contribution is -0.158. The fraction of sp³-hybridized carbons (Fsp3) is 0.484. The van der Waals surface area contributed by atoms with Crippen LogP contribution in [0.5, 0.6) is 0 Å². The molecule has 1 fully saturated rings. The molecular weight excluding hydrogens is 580 g/mol. The number of ether oxygens (including phenoxy) is 2. The number of carbonyl (C=O) groups is 2. The minimum atomic E-state index is -1.04. The molecule has 43 heavy (non-hydrogen) atoms. The van der Waals surface area contributed by atoms with E-state index in [0.29, 0.717) is 42.3 Å². The van der Waals surface area contributed by atoms with Gasteiger partial charge in [0.1, 0.15) is 23.1 Å². The maximum atomic E-state index is 15.2. The predicted octanol–water partition coefficient (Wildman–Crippen LogP) is 6.99. The van der Waals surface area contributed by atoms with Crippen LogP contribution in [0.25, 0.3) is 0 Å².